The van der Waals surface area contributed by atoms with Crippen LogP contribution in [-0.4, -0.2) is 22.2 Å². The number of hydrogen-bond acceptors (Lipinski definition) is 2. The summed E-state index contributed by atoms with van der Waals surface area (Å²) in [5.74, 6) is -0.651. The molecule has 0 heterocycles. The number of carboxylic acids is 2. The Kier molecular flexibility index (Phi) is 3.93. The van der Waals surface area contributed by atoms with Gasteiger partial charge in [-0.2, -0.15) is 0 Å². The van der Waals surface area contributed by atoms with Gasteiger partial charge in [0.25, 0.3) is 0 Å². The Morgan fingerprint density at radius 2 is 1.78 bits per heavy atom. The second-order valence-corrected chi connectivity index (χ2v) is 5.87. The zero-order chi connectivity index (χ0) is 13.3. The highest BCUT2D eigenvalue weighted by Gasteiger charge is 2.44. The Labute approximate surface area is 107 Å². The molecule has 102 valence electrons. The standard InChI is InChI=1S/C14H22O4/c1-2-10-11-5-4-9(13(15)16)7-8(11)3-6-12(10)14(17)18/h8-12H,2-7H2,1H3,(H,15,16)(H,17,18). The maximum Gasteiger partial charge on any atom is 0.306 e. The molecule has 2 rings (SSSR count). The normalized spacial score (nSPS) is 39.9. The molecular formula is C14H22O4. The van der Waals surface area contributed by atoms with Gasteiger partial charge in [0.05, 0.1) is 11.8 Å². The van der Waals surface area contributed by atoms with Crippen molar-refractivity contribution in [1.82, 2.24) is 0 Å². The maximum absolute atomic E-state index is 11.3. The summed E-state index contributed by atoms with van der Waals surface area (Å²) in [5.41, 5.74) is 0. The van der Waals surface area contributed by atoms with Crippen LogP contribution in [0.2, 0.25) is 0 Å². The molecule has 4 heteroatoms. The quantitative estimate of drug-likeness (QED) is 0.811. The third kappa shape index (κ3) is 2.38. The van der Waals surface area contributed by atoms with Crippen molar-refractivity contribution in [3.8, 4) is 0 Å². The average Bonchev–Trinajstić information content (AvgIpc) is 2.36. The minimum absolute atomic E-state index is 0.204. The second-order valence-electron chi connectivity index (χ2n) is 5.87. The molecule has 0 bridgehead atoms. The molecule has 2 fully saturated rings. The van der Waals surface area contributed by atoms with Crippen LogP contribution < -0.4 is 0 Å². The van der Waals surface area contributed by atoms with Crippen molar-refractivity contribution in [3.05, 3.63) is 0 Å². The molecule has 2 saturated carbocycles. The van der Waals surface area contributed by atoms with Crippen LogP contribution in [0, 0.1) is 29.6 Å². The SMILES string of the molecule is CCC1C(C(=O)O)CCC2CC(C(=O)O)CCC21. The summed E-state index contributed by atoms with van der Waals surface area (Å²) in [6.45, 7) is 2.06. The number of fused-ring (bicyclic) bond motifs is 1. The molecule has 2 aliphatic rings. The van der Waals surface area contributed by atoms with E-state index in [9.17, 15) is 14.7 Å². The van der Waals surface area contributed by atoms with Crippen molar-refractivity contribution in [2.24, 2.45) is 29.6 Å². The molecule has 0 spiro atoms. The number of hydrogen-bond donors (Lipinski definition) is 2. The first-order valence-electron chi connectivity index (χ1n) is 7.00. The fourth-order valence-corrected chi connectivity index (χ4v) is 4.21. The van der Waals surface area contributed by atoms with E-state index in [2.05, 4.69) is 6.92 Å². The first-order valence-corrected chi connectivity index (χ1v) is 7.00. The molecular weight excluding hydrogens is 232 g/mol. The Hall–Kier alpha value is -1.06. The lowest BCUT2D eigenvalue weighted by Crippen LogP contribution is -2.42. The fourth-order valence-electron chi connectivity index (χ4n) is 4.21. The summed E-state index contributed by atoms with van der Waals surface area (Å²) in [4.78, 5) is 22.3. The van der Waals surface area contributed by atoms with Gasteiger partial charge >= 0.3 is 11.9 Å². The van der Waals surface area contributed by atoms with Crippen LogP contribution >= 0.6 is 0 Å². The molecule has 0 amide bonds. The van der Waals surface area contributed by atoms with Gasteiger partial charge in [-0.25, -0.2) is 0 Å². The average molecular weight is 254 g/mol. The molecule has 0 aromatic heterocycles. The molecule has 0 aromatic carbocycles. The van der Waals surface area contributed by atoms with Crippen LogP contribution in [0.4, 0.5) is 0 Å². The van der Waals surface area contributed by atoms with E-state index in [-0.39, 0.29) is 17.8 Å². The van der Waals surface area contributed by atoms with Crippen LogP contribution in [0.3, 0.4) is 0 Å². The van der Waals surface area contributed by atoms with E-state index in [1.807, 2.05) is 0 Å². The van der Waals surface area contributed by atoms with E-state index in [0.29, 0.717) is 11.8 Å². The van der Waals surface area contributed by atoms with E-state index >= 15 is 0 Å². The summed E-state index contributed by atoms with van der Waals surface area (Å²) >= 11 is 0. The van der Waals surface area contributed by atoms with Gasteiger partial charge in [0.1, 0.15) is 0 Å². The highest BCUT2D eigenvalue weighted by atomic mass is 16.4. The van der Waals surface area contributed by atoms with E-state index in [0.717, 1.165) is 38.5 Å². The predicted octanol–water partition coefficient (Wildman–Crippen LogP) is 2.62. The predicted molar refractivity (Wildman–Crippen MR) is 66.1 cm³/mol. The molecule has 0 saturated heterocycles. The van der Waals surface area contributed by atoms with Crippen molar-refractivity contribution in [2.45, 2.75) is 45.4 Å². The lowest BCUT2D eigenvalue weighted by atomic mass is 9.59. The maximum atomic E-state index is 11.3. The number of aliphatic carboxylic acids is 2. The van der Waals surface area contributed by atoms with Crippen molar-refractivity contribution < 1.29 is 19.8 Å². The van der Waals surface area contributed by atoms with E-state index < -0.39 is 11.9 Å². The molecule has 0 aliphatic heterocycles. The number of carbonyl (C=O) groups is 2. The van der Waals surface area contributed by atoms with E-state index in [1.54, 1.807) is 0 Å². The van der Waals surface area contributed by atoms with Crippen molar-refractivity contribution >= 4 is 11.9 Å². The van der Waals surface area contributed by atoms with Gasteiger partial charge in [0.15, 0.2) is 0 Å². The molecule has 5 unspecified atom stereocenters. The monoisotopic (exact) mass is 254 g/mol. The first-order chi connectivity index (χ1) is 8.54. The van der Waals surface area contributed by atoms with Crippen LogP contribution in [-0.2, 0) is 9.59 Å². The molecule has 2 N–H and O–H groups in total. The zero-order valence-electron chi connectivity index (χ0n) is 10.8. The number of carboxylic acid groups (broad SMARTS) is 2. The Balaban J connectivity index is 2.09. The van der Waals surface area contributed by atoms with Crippen LogP contribution in [0.1, 0.15) is 45.4 Å². The Morgan fingerprint density at radius 1 is 1.06 bits per heavy atom. The van der Waals surface area contributed by atoms with Crippen LogP contribution in [0.15, 0.2) is 0 Å². The van der Waals surface area contributed by atoms with E-state index in [1.165, 1.54) is 0 Å². The fraction of sp³-hybridized carbons (Fsp3) is 0.857. The van der Waals surface area contributed by atoms with Crippen molar-refractivity contribution in [2.75, 3.05) is 0 Å². The van der Waals surface area contributed by atoms with Gasteiger partial charge in [-0.05, 0) is 49.9 Å². The summed E-state index contributed by atoms with van der Waals surface area (Å²) in [7, 11) is 0. The number of rotatable bonds is 3. The van der Waals surface area contributed by atoms with Gasteiger partial charge in [-0.3, -0.25) is 9.59 Å². The first kappa shape index (κ1) is 13.4. The lowest BCUT2D eigenvalue weighted by Gasteiger charge is -2.45. The molecule has 4 nitrogen and oxygen atoms in total. The largest absolute Gasteiger partial charge is 0.481 e. The smallest absolute Gasteiger partial charge is 0.306 e. The Morgan fingerprint density at radius 3 is 2.33 bits per heavy atom. The topological polar surface area (TPSA) is 74.6 Å². The van der Waals surface area contributed by atoms with Crippen molar-refractivity contribution in [3.63, 3.8) is 0 Å². The van der Waals surface area contributed by atoms with Crippen LogP contribution in [0.25, 0.3) is 0 Å². The molecule has 0 aromatic rings. The Bertz CT molecular complexity index is 339. The molecule has 0 radical (unpaired) electrons. The third-order valence-corrected chi connectivity index (χ3v) is 5.09. The summed E-state index contributed by atoms with van der Waals surface area (Å²) in [6, 6.07) is 0. The second kappa shape index (κ2) is 5.29. The third-order valence-electron chi connectivity index (χ3n) is 5.09. The van der Waals surface area contributed by atoms with Gasteiger partial charge < -0.3 is 10.2 Å². The minimum atomic E-state index is -0.679. The van der Waals surface area contributed by atoms with Gasteiger partial charge in [0.2, 0.25) is 0 Å². The van der Waals surface area contributed by atoms with Gasteiger partial charge in [-0.1, -0.05) is 13.3 Å². The van der Waals surface area contributed by atoms with E-state index in [4.69, 9.17) is 5.11 Å². The summed E-state index contributed by atoms with van der Waals surface area (Å²) in [5, 5.41) is 18.4. The minimum Gasteiger partial charge on any atom is -0.481 e. The zero-order valence-corrected chi connectivity index (χ0v) is 10.8. The molecule has 5 atom stereocenters. The van der Waals surface area contributed by atoms with Crippen LogP contribution in [0.5, 0.6) is 0 Å². The molecule has 18 heavy (non-hydrogen) atoms. The van der Waals surface area contributed by atoms with Gasteiger partial charge in [-0.15, -0.1) is 0 Å². The van der Waals surface area contributed by atoms with Gasteiger partial charge in [0, 0.05) is 0 Å². The molecule has 2 aliphatic carbocycles. The highest BCUT2D eigenvalue weighted by molar-refractivity contribution is 5.71. The lowest BCUT2D eigenvalue weighted by molar-refractivity contribution is -0.151. The van der Waals surface area contributed by atoms with Crippen molar-refractivity contribution in [1.29, 1.82) is 0 Å². The summed E-state index contributed by atoms with van der Waals surface area (Å²) < 4.78 is 0. The summed E-state index contributed by atoms with van der Waals surface area (Å²) in [6.07, 6.45) is 4.88. The highest BCUT2D eigenvalue weighted by Crippen LogP contribution is 2.49.